The van der Waals surface area contributed by atoms with Crippen molar-refractivity contribution in [1.29, 1.82) is 0 Å². The van der Waals surface area contributed by atoms with Crippen LogP contribution in [-0.4, -0.2) is 19.1 Å². The van der Waals surface area contributed by atoms with Crippen LogP contribution in [0.3, 0.4) is 0 Å². The summed E-state index contributed by atoms with van der Waals surface area (Å²) in [6.45, 7) is 0. The average molecular weight is 198 g/mol. The number of anilines is 1. The molecule has 1 N–H and O–H groups in total. The van der Waals surface area contributed by atoms with Gasteiger partial charge in [0.2, 0.25) is 0 Å². The number of nitro benzene ring substituents is 1. The molecule has 0 aliphatic heterocycles. The number of nitrogens with one attached hydrogen (secondary N) is 1. The molecule has 6 nitrogen and oxygen atoms in total. The first kappa shape index (κ1) is 10.3. The molecule has 1 aromatic rings. The molecule has 0 aliphatic rings. The van der Waals surface area contributed by atoms with Gasteiger partial charge in [-0.25, -0.2) is 0 Å². The standard InChI is InChI=1S/C8H10N2O4/c1-13-8-4-3-6(10(11)12)5-7(8)9-14-2/h3-5,9H,1-2H3. The number of hydrogen-bond donors (Lipinski definition) is 1. The zero-order valence-corrected chi connectivity index (χ0v) is 7.81. The first-order valence-electron chi connectivity index (χ1n) is 3.80. The van der Waals surface area contributed by atoms with Crippen molar-refractivity contribution in [3.8, 4) is 5.75 Å². The van der Waals surface area contributed by atoms with Crippen LogP contribution in [0.4, 0.5) is 11.4 Å². The molecule has 0 amide bonds. The van der Waals surface area contributed by atoms with Crippen molar-refractivity contribution < 1.29 is 14.5 Å². The van der Waals surface area contributed by atoms with Crippen LogP contribution >= 0.6 is 0 Å². The summed E-state index contributed by atoms with van der Waals surface area (Å²) < 4.78 is 4.97. The summed E-state index contributed by atoms with van der Waals surface area (Å²) in [5, 5.41) is 10.5. The van der Waals surface area contributed by atoms with E-state index >= 15 is 0 Å². The van der Waals surface area contributed by atoms with Crippen molar-refractivity contribution >= 4 is 11.4 Å². The summed E-state index contributed by atoms with van der Waals surface area (Å²) in [4.78, 5) is 14.6. The van der Waals surface area contributed by atoms with Crippen LogP contribution < -0.4 is 10.2 Å². The Balaban J connectivity index is 3.07. The topological polar surface area (TPSA) is 73.6 Å². The lowest BCUT2D eigenvalue weighted by Gasteiger charge is -2.08. The van der Waals surface area contributed by atoms with Crippen molar-refractivity contribution in [2.45, 2.75) is 0 Å². The molecule has 0 fully saturated rings. The molecular weight excluding hydrogens is 188 g/mol. The SMILES string of the molecule is CONc1cc([N+](=O)[O-])ccc1OC. The van der Waals surface area contributed by atoms with E-state index in [2.05, 4.69) is 10.3 Å². The summed E-state index contributed by atoms with van der Waals surface area (Å²) >= 11 is 0. The molecule has 1 aromatic carbocycles. The average Bonchev–Trinajstić information content (AvgIpc) is 2.18. The minimum atomic E-state index is -0.486. The third-order valence-corrected chi connectivity index (χ3v) is 1.61. The molecule has 0 aromatic heterocycles. The van der Waals surface area contributed by atoms with E-state index in [-0.39, 0.29) is 5.69 Å². The van der Waals surface area contributed by atoms with Crippen LogP contribution in [-0.2, 0) is 4.84 Å². The van der Waals surface area contributed by atoms with Crippen molar-refractivity contribution in [2.24, 2.45) is 0 Å². The van der Waals surface area contributed by atoms with E-state index in [0.717, 1.165) is 0 Å². The maximum Gasteiger partial charge on any atom is 0.271 e. The van der Waals surface area contributed by atoms with Crippen LogP contribution in [0.5, 0.6) is 5.75 Å². The van der Waals surface area contributed by atoms with Gasteiger partial charge in [-0.15, -0.1) is 0 Å². The fraction of sp³-hybridized carbons (Fsp3) is 0.250. The third-order valence-electron chi connectivity index (χ3n) is 1.61. The van der Waals surface area contributed by atoms with Crippen LogP contribution in [0.1, 0.15) is 0 Å². The Labute approximate surface area is 80.5 Å². The molecule has 0 heterocycles. The highest BCUT2D eigenvalue weighted by Gasteiger charge is 2.10. The number of benzene rings is 1. The minimum absolute atomic E-state index is 0.0228. The maximum atomic E-state index is 10.5. The van der Waals surface area contributed by atoms with E-state index in [1.165, 1.54) is 32.4 Å². The molecule has 0 unspecified atom stereocenters. The van der Waals surface area contributed by atoms with Crippen LogP contribution in [0.15, 0.2) is 18.2 Å². The minimum Gasteiger partial charge on any atom is -0.494 e. The Morgan fingerprint density at radius 3 is 2.64 bits per heavy atom. The van der Waals surface area contributed by atoms with Crippen molar-refractivity contribution in [2.75, 3.05) is 19.7 Å². The van der Waals surface area contributed by atoms with E-state index in [1.807, 2.05) is 0 Å². The lowest BCUT2D eigenvalue weighted by Crippen LogP contribution is -1.99. The van der Waals surface area contributed by atoms with Crippen LogP contribution in [0.25, 0.3) is 0 Å². The fourth-order valence-electron chi connectivity index (χ4n) is 0.999. The van der Waals surface area contributed by atoms with Gasteiger partial charge in [-0.2, -0.15) is 0 Å². The second-order valence-electron chi connectivity index (χ2n) is 2.45. The quantitative estimate of drug-likeness (QED) is 0.587. The molecule has 0 spiro atoms. The smallest absolute Gasteiger partial charge is 0.271 e. The number of non-ortho nitro benzene ring substituents is 1. The van der Waals surface area contributed by atoms with Gasteiger partial charge in [-0.1, -0.05) is 0 Å². The molecule has 0 aliphatic carbocycles. The number of hydrogen-bond acceptors (Lipinski definition) is 5. The zero-order valence-electron chi connectivity index (χ0n) is 7.81. The van der Waals surface area contributed by atoms with Gasteiger partial charge in [0.1, 0.15) is 11.4 Å². The monoisotopic (exact) mass is 198 g/mol. The largest absolute Gasteiger partial charge is 0.494 e. The Morgan fingerprint density at radius 2 is 2.14 bits per heavy atom. The highest BCUT2D eigenvalue weighted by Crippen LogP contribution is 2.28. The number of rotatable bonds is 4. The normalized spacial score (nSPS) is 9.57. The second kappa shape index (κ2) is 4.43. The van der Waals surface area contributed by atoms with Gasteiger partial charge in [-0.3, -0.25) is 20.4 Å². The van der Waals surface area contributed by atoms with Crippen LogP contribution in [0.2, 0.25) is 0 Å². The molecule has 0 radical (unpaired) electrons. The van der Waals surface area contributed by atoms with E-state index in [1.54, 1.807) is 0 Å². The van der Waals surface area contributed by atoms with Gasteiger partial charge < -0.3 is 4.74 Å². The summed E-state index contributed by atoms with van der Waals surface area (Å²) in [6.07, 6.45) is 0. The van der Waals surface area contributed by atoms with Gasteiger partial charge in [0.15, 0.2) is 0 Å². The summed E-state index contributed by atoms with van der Waals surface area (Å²) in [5.74, 6) is 0.484. The molecule has 6 heteroatoms. The maximum absolute atomic E-state index is 10.5. The fourth-order valence-corrected chi connectivity index (χ4v) is 0.999. The molecular formula is C8H10N2O4. The van der Waals surface area contributed by atoms with Gasteiger partial charge in [0.05, 0.1) is 19.1 Å². The van der Waals surface area contributed by atoms with Crippen molar-refractivity contribution in [1.82, 2.24) is 0 Å². The van der Waals surface area contributed by atoms with E-state index in [4.69, 9.17) is 4.74 Å². The summed E-state index contributed by atoms with van der Waals surface area (Å²) in [7, 11) is 2.89. The molecule has 0 bridgehead atoms. The van der Waals surface area contributed by atoms with Gasteiger partial charge in [-0.05, 0) is 6.07 Å². The van der Waals surface area contributed by atoms with E-state index < -0.39 is 4.92 Å². The Hall–Kier alpha value is -1.82. The number of ether oxygens (including phenoxy) is 1. The Morgan fingerprint density at radius 1 is 1.43 bits per heavy atom. The zero-order chi connectivity index (χ0) is 10.6. The van der Waals surface area contributed by atoms with Gasteiger partial charge in [0, 0.05) is 12.1 Å². The lowest BCUT2D eigenvalue weighted by molar-refractivity contribution is -0.384. The van der Waals surface area contributed by atoms with Gasteiger partial charge >= 0.3 is 0 Å². The molecule has 14 heavy (non-hydrogen) atoms. The molecule has 0 saturated heterocycles. The molecule has 76 valence electrons. The van der Waals surface area contributed by atoms with E-state index in [9.17, 15) is 10.1 Å². The number of nitrogens with zero attached hydrogens (tertiary/aromatic N) is 1. The summed E-state index contributed by atoms with van der Waals surface area (Å²) in [6, 6.07) is 4.20. The molecule has 1 rings (SSSR count). The first-order chi connectivity index (χ1) is 6.69. The first-order valence-corrected chi connectivity index (χ1v) is 3.80. The highest BCUT2D eigenvalue weighted by atomic mass is 16.6. The van der Waals surface area contributed by atoms with E-state index in [0.29, 0.717) is 11.4 Å². The predicted molar refractivity (Wildman–Crippen MR) is 50.3 cm³/mol. The lowest BCUT2D eigenvalue weighted by atomic mass is 10.2. The van der Waals surface area contributed by atoms with Crippen molar-refractivity contribution in [3.63, 3.8) is 0 Å². The van der Waals surface area contributed by atoms with Crippen molar-refractivity contribution in [3.05, 3.63) is 28.3 Å². The highest BCUT2D eigenvalue weighted by molar-refractivity contribution is 5.60. The second-order valence-corrected chi connectivity index (χ2v) is 2.45. The molecule has 0 saturated carbocycles. The predicted octanol–water partition coefficient (Wildman–Crippen LogP) is 1.58. The van der Waals surface area contributed by atoms with Gasteiger partial charge in [0.25, 0.3) is 5.69 Å². The molecule has 0 atom stereocenters. The number of nitro groups is 1. The Kier molecular flexibility index (Phi) is 3.24. The Bertz CT molecular complexity index is 340. The number of methoxy groups -OCH3 is 1. The van der Waals surface area contributed by atoms with Crippen LogP contribution in [0, 0.1) is 10.1 Å². The third kappa shape index (κ3) is 2.11. The summed E-state index contributed by atoms with van der Waals surface area (Å²) in [5.41, 5.74) is 2.89.